The van der Waals surface area contributed by atoms with E-state index >= 15 is 0 Å². The van der Waals surface area contributed by atoms with Gasteiger partial charge in [0.25, 0.3) is 5.91 Å². The van der Waals surface area contributed by atoms with Gasteiger partial charge in [-0.25, -0.2) is 9.37 Å². The van der Waals surface area contributed by atoms with Gasteiger partial charge in [-0.3, -0.25) is 4.79 Å². The van der Waals surface area contributed by atoms with E-state index in [4.69, 9.17) is 0 Å². The Morgan fingerprint density at radius 2 is 2.09 bits per heavy atom. The molecule has 0 saturated carbocycles. The first-order valence-electron chi connectivity index (χ1n) is 6.62. The first kappa shape index (κ1) is 14.9. The minimum Gasteiger partial charge on any atom is -0.321 e. The van der Waals surface area contributed by atoms with Gasteiger partial charge in [0.2, 0.25) is 0 Å². The summed E-state index contributed by atoms with van der Waals surface area (Å²) in [5.41, 5.74) is 2.80. The number of nitrogens with zero attached hydrogens (tertiary/aromatic N) is 1. The number of halogens is 1. The molecule has 2 heterocycles. The summed E-state index contributed by atoms with van der Waals surface area (Å²) in [7, 11) is 0. The minimum absolute atomic E-state index is 0.220. The molecule has 22 heavy (non-hydrogen) atoms. The van der Waals surface area contributed by atoms with E-state index in [0.717, 1.165) is 10.6 Å². The molecule has 0 radical (unpaired) electrons. The molecule has 3 aromatic rings. The van der Waals surface area contributed by atoms with Gasteiger partial charge in [0.1, 0.15) is 15.7 Å². The molecule has 0 fully saturated rings. The summed E-state index contributed by atoms with van der Waals surface area (Å²) in [5.74, 6) is -0.505. The number of nitrogens with one attached hydrogen (secondary N) is 1. The summed E-state index contributed by atoms with van der Waals surface area (Å²) in [4.78, 5) is 17.4. The van der Waals surface area contributed by atoms with Gasteiger partial charge in [-0.15, -0.1) is 11.3 Å². The zero-order valence-corrected chi connectivity index (χ0v) is 13.6. The number of aryl methyl sites for hydroxylation is 2. The molecule has 1 aromatic carbocycles. The van der Waals surface area contributed by atoms with Crippen LogP contribution < -0.4 is 5.32 Å². The third kappa shape index (κ3) is 2.93. The number of rotatable bonds is 3. The van der Waals surface area contributed by atoms with Crippen molar-refractivity contribution in [1.82, 2.24) is 4.98 Å². The molecular weight excluding hydrogens is 319 g/mol. The Kier molecular flexibility index (Phi) is 4.04. The summed E-state index contributed by atoms with van der Waals surface area (Å²) in [6.07, 6.45) is 0. The molecular formula is C16H13FN2OS2. The lowest BCUT2D eigenvalue weighted by molar-refractivity contribution is 0.103. The smallest absolute Gasteiger partial charge is 0.267 e. The molecule has 2 aromatic heterocycles. The van der Waals surface area contributed by atoms with Gasteiger partial charge in [-0.2, -0.15) is 11.3 Å². The number of hydrogen-bond donors (Lipinski definition) is 1. The quantitative estimate of drug-likeness (QED) is 0.743. The number of anilines is 1. The van der Waals surface area contributed by atoms with Crippen LogP contribution in [0.3, 0.4) is 0 Å². The summed E-state index contributed by atoms with van der Waals surface area (Å²) >= 11 is 2.96. The first-order chi connectivity index (χ1) is 10.5. The summed E-state index contributed by atoms with van der Waals surface area (Å²) < 4.78 is 13.3. The van der Waals surface area contributed by atoms with Crippen LogP contribution in [0, 0.1) is 19.7 Å². The monoisotopic (exact) mass is 332 g/mol. The number of aromatic nitrogens is 1. The van der Waals surface area contributed by atoms with Crippen molar-refractivity contribution in [3.8, 4) is 10.6 Å². The second-order valence-electron chi connectivity index (χ2n) is 4.86. The SMILES string of the molecule is Cc1cc(NC(=O)c2sc(-c3ccsc3)nc2C)ccc1F. The van der Waals surface area contributed by atoms with Gasteiger partial charge >= 0.3 is 0 Å². The third-order valence-electron chi connectivity index (χ3n) is 3.19. The van der Waals surface area contributed by atoms with Crippen molar-refractivity contribution in [2.75, 3.05) is 5.32 Å². The van der Waals surface area contributed by atoms with E-state index in [2.05, 4.69) is 10.3 Å². The minimum atomic E-state index is -0.285. The van der Waals surface area contributed by atoms with E-state index < -0.39 is 0 Å². The Morgan fingerprint density at radius 1 is 1.27 bits per heavy atom. The lowest BCUT2D eigenvalue weighted by atomic mass is 10.2. The van der Waals surface area contributed by atoms with Crippen molar-refractivity contribution < 1.29 is 9.18 Å². The third-order valence-corrected chi connectivity index (χ3v) is 5.08. The van der Waals surface area contributed by atoms with Crippen molar-refractivity contribution in [3.05, 3.63) is 57.0 Å². The first-order valence-corrected chi connectivity index (χ1v) is 8.38. The lowest BCUT2D eigenvalue weighted by Crippen LogP contribution is -2.11. The number of amides is 1. The molecule has 1 N–H and O–H groups in total. The molecule has 0 unspecified atom stereocenters. The lowest BCUT2D eigenvalue weighted by Gasteiger charge is -2.05. The normalized spacial score (nSPS) is 10.7. The largest absolute Gasteiger partial charge is 0.321 e. The van der Waals surface area contributed by atoms with Gasteiger partial charge in [0.05, 0.1) is 5.69 Å². The Morgan fingerprint density at radius 3 is 2.77 bits per heavy atom. The fraction of sp³-hybridized carbons (Fsp3) is 0.125. The average molecular weight is 332 g/mol. The van der Waals surface area contributed by atoms with Crippen molar-refractivity contribution >= 4 is 34.3 Å². The maximum absolute atomic E-state index is 13.3. The highest BCUT2D eigenvalue weighted by Gasteiger charge is 2.16. The second kappa shape index (κ2) is 5.98. The van der Waals surface area contributed by atoms with Gasteiger partial charge in [-0.05, 0) is 49.1 Å². The average Bonchev–Trinajstić information content (AvgIpc) is 3.12. The fourth-order valence-electron chi connectivity index (χ4n) is 2.03. The van der Waals surface area contributed by atoms with Crippen LogP contribution in [0.5, 0.6) is 0 Å². The molecule has 0 spiro atoms. The van der Waals surface area contributed by atoms with Crippen LogP contribution in [-0.4, -0.2) is 10.9 Å². The van der Waals surface area contributed by atoms with Crippen molar-refractivity contribution in [3.63, 3.8) is 0 Å². The molecule has 112 valence electrons. The number of thiophene rings is 1. The molecule has 0 bridgehead atoms. The molecule has 3 rings (SSSR count). The molecule has 0 aliphatic heterocycles. The summed E-state index contributed by atoms with van der Waals surface area (Å²) in [6, 6.07) is 6.50. The van der Waals surface area contributed by atoms with Gasteiger partial charge in [-0.1, -0.05) is 0 Å². The molecule has 0 aliphatic rings. The van der Waals surface area contributed by atoms with Gasteiger partial charge in [0.15, 0.2) is 0 Å². The van der Waals surface area contributed by atoms with Crippen LogP contribution in [0.4, 0.5) is 10.1 Å². The second-order valence-corrected chi connectivity index (χ2v) is 6.64. The number of benzene rings is 1. The zero-order valence-electron chi connectivity index (χ0n) is 12.0. The topological polar surface area (TPSA) is 42.0 Å². The Hall–Kier alpha value is -2.05. The van der Waals surface area contributed by atoms with E-state index in [-0.39, 0.29) is 11.7 Å². The van der Waals surface area contributed by atoms with Crippen LogP contribution in [0.2, 0.25) is 0 Å². The van der Waals surface area contributed by atoms with E-state index in [0.29, 0.717) is 21.8 Å². The number of carbonyl (C=O) groups is 1. The zero-order chi connectivity index (χ0) is 15.7. The predicted octanol–water partition coefficient (Wildman–Crippen LogP) is 4.88. The van der Waals surface area contributed by atoms with Crippen molar-refractivity contribution in [2.24, 2.45) is 0 Å². The van der Waals surface area contributed by atoms with Crippen LogP contribution in [0.25, 0.3) is 10.6 Å². The van der Waals surface area contributed by atoms with Crippen molar-refractivity contribution in [1.29, 1.82) is 0 Å². The summed E-state index contributed by atoms with van der Waals surface area (Å²) in [6.45, 7) is 3.48. The highest BCUT2D eigenvalue weighted by molar-refractivity contribution is 7.17. The molecule has 3 nitrogen and oxygen atoms in total. The molecule has 6 heteroatoms. The maximum atomic E-state index is 13.3. The molecule has 1 amide bonds. The molecule has 0 saturated heterocycles. The fourth-order valence-corrected chi connectivity index (χ4v) is 3.70. The van der Waals surface area contributed by atoms with Gasteiger partial charge in [0, 0.05) is 16.6 Å². The Labute approximate surface area is 135 Å². The highest BCUT2D eigenvalue weighted by atomic mass is 32.1. The Bertz CT molecular complexity index is 825. The van der Waals surface area contributed by atoms with E-state index in [1.165, 1.54) is 17.4 Å². The standard InChI is InChI=1S/C16H13FN2OS2/c1-9-7-12(3-4-13(9)17)19-15(20)14-10(2)18-16(22-14)11-5-6-21-8-11/h3-8H,1-2H3,(H,19,20). The van der Waals surface area contributed by atoms with Crippen LogP contribution in [0.15, 0.2) is 35.0 Å². The maximum Gasteiger partial charge on any atom is 0.267 e. The highest BCUT2D eigenvalue weighted by Crippen LogP contribution is 2.30. The van der Waals surface area contributed by atoms with Gasteiger partial charge < -0.3 is 5.32 Å². The van der Waals surface area contributed by atoms with E-state index in [1.807, 2.05) is 23.8 Å². The van der Waals surface area contributed by atoms with E-state index in [9.17, 15) is 9.18 Å². The number of hydrogen-bond acceptors (Lipinski definition) is 4. The summed E-state index contributed by atoms with van der Waals surface area (Å²) in [5, 5.41) is 7.61. The van der Waals surface area contributed by atoms with E-state index in [1.54, 1.807) is 30.4 Å². The number of carbonyl (C=O) groups excluding carboxylic acids is 1. The molecule has 0 atom stereocenters. The van der Waals surface area contributed by atoms with Crippen LogP contribution in [-0.2, 0) is 0 Å². The van der Waals surface area contributed by atoms with Crippen LogP contribution >= 0.6 is 22.7 Å². The predicted molar refractivity (Wildman–Crippen MR) is 89.3 cm³/mol. The molecule has 0 aliphatic carbocycles. The van der Waals surface area contributed by atoms with Crippen LogP contribution in [0.1, 0.15) is 20.9 Å². The number of thiazole rings is 1. The Balaban J connectivity index is 1.84. The van der Waals surface area contributed by atoms with Crippen molar-refractivity contribution in [2.45, 2.75) is 13.8 Å².